The normalized spacial score (nSPS) is 20.1. The van der Waals surface area contributed by atoms with Gasteiger partial charge < -0.3 is 9.80 Å². The highest BCUT2D eigenvalue weighted by atomic mass is 35.5. The number of carbonyl (C=O) groups is 1. The van der Waals surface area contributed by atoms with Crippen molar-refractivity contribution in [1.82, 2.24) is 14.8 Å². The maximum absolute atomic E-state index is 12.2. The summed E-state index contributed by atoms with van der Waals surface area (Å²) >= 11 is 5.80. The van der Waals surface area contributed by atoms with Crippen molar-refractivity contribution in [2.24, 2.45) is 0 Å². The maximum atomic E-state index is 12.2. The van der Waals surface area contributed by atoms with Gasteiger partial charge in [0.05, 0.1) is 0 Å². The minimum atomic E-state index is -0.000370. The Hall–Kier alpha value is -1.13. The predicted octanol–water partition coefficient (Wildman–Crippen LogP) is 1.90. The summed E-state index contributed by atoms with van der Waals surface area (Å²) in [5.41, 5.74) is 0.596. The molecular formula is C13H18ClN3O. The van der Waals surface area contributed by atoms with Gasteiger partial charge in [0.2, 0.25) is 0 Å². The molecule has 2 heterocycles. The molecule has 0 N–H and O–H groups in total. The van der Waals surface area contributed by atoms with Gasteiger partial charge in [-0.2, -0.15) is 0 Å². The predicted molar refractivity (Wildman–Crippen MR) is 71.9 cm³/mol. The molecule has 0 aliphatic carbocycles. The molecule has 18 heavy (non-hydrogen) atoms. The first-order chi connectivity index (χ1) is 8.58. The zero-order valence-corrected chi connectivity index (χ0v) is 11.5. The average Bonchev–Trinajstić information content (AvgIpc) is 2.74. The van der Waals surface area contributed by atoms with E-state index < -0.39 is 0 Å². The number of carbonyl (C=O) groups excluding carboxylic acids is 1. The van der Waals surface area contributed by atoms with Gasteiger partial charge in [0.15, 0.2) is 0 Å². The van der Waals surface area contributed by atoms with Crippen molar-refractivity contribution < 1.29 is 4.79 Å². The summed E-state index contributed by atoms with van der Waals surface area (Å²) in [5.74, 6) is -0.000370. The van der Waals surface area contributed by atoms with E-state index in [-0.39, 0.29) is 5.91 Å². The van der Waals surface area contributed by atoms with Crippen LogP contribution in [-0.4, -0.2) is 53.9 Å². The minimum Gasteiger partial charge on any atom is -0.340 e. The van der Waals surface area contributed by atoms with E-state index >= 15 is 0 Å². The molecule has 1 saturated heterocycles. The average molecular weight is 268 g/mol. The van der Waals surface area contributed by atoms with E-state index in [9.17, 15) is 4.79 Å². The van der Waals surface area contributed by atoms with Crippen molar-refractivity contribution in [2.75, 3.05) is 27.2 Å². The van der Waals surface area contributed by atoms with Crippen LogP contribution in [0.1, 0.15) is 23.2 Å². The fraction of sp³-hybridized carbons (Fsp3) is 0.538. The molecule has 1 atom stereocenters. The van der Waals surface area contributed by atoms with Crippen LogP contribution in [0, 0.1) is 0 Å². The Morgan fingerprint density at radius 1 is 1.67 bits per heavy atom. The van der Waals surface area contributed by atoms with E-state index in [4.69, 9.17) is 11.6 Å². The fourth-order valence-corrected chi connectivity index (χ4v) is 2.54. The third-order valence-corrected chi connectivity index (χ3v) is 3.68. The largest absolute Gasteiger partial charge is 0.340 e. The molecule has 5 heteroatoms. The van der Waals surface area contributed by atoms with Crippen LogP contribution in [0.3, 0.4) is 0 Å². The highest BCUT2D eigenvalue weighted by Crippen LogP contribution is 2.16. The minimum absolute atomic E-state index is 0.000370. The van der Waals surface area contributed by atoms with Crippen LogP contribution in [0.4, 0.5) is 0 Å². The van der Waals surface area contributed by atoms with Crippen molar-refractivity contribution in [1.29, 1.82) is 0 Å². The summed E-state index contributed by atoms with van der Waals surface area (Å²) < 4.78 is 0. The Kier molecular flexibility index (Phi) is 4.19. The van der Waals surface area contributed by atoms with Gasteiger partial charge in [-0.1, -0.05) is 11.6 Å². The second-order valence-electron chi connectivity index (χ2n) is 4.83. The van der Waals surface area contributed by atoms with E-state index in [1.165, 1.54) is 6.42 Å². The van der Waals surface area contributed by atoms with Gasteiger partial charge in [0.25, 0.3) is 5.91 Å². The molecule has 2 rings (SSSR count). The molecule has 1 amide bonds. The molecule has 4 nitrogen and oxygen atoms in total. The summed E-state index contributed by atoms with van der Waals surface area (Å²) in [4.78, 5) is 20.2. The second-order valence-corrected chi connectivity index (χ2v) is 5.22. The highest BCUT2D eigenvalue weighted by molar-refractivity contribution is 6.29. The first kappa shape index (κ1) is 13.3. The Labute approximate surface area is 113 Å². The number of hydrogen-bond acceptors (Lipinski definition) is 3. The van der Waals surface area contributed by atoms with E-state index in [1.807, 2.05) is 7.05 Å². The van der Waals surface area contributed by atoms with Gasteiger partial charge in [-0.15, -0.1) is 0 Å². The number of likely N-dealkylation sites (N-methyl/N-ethyl adjacent to an activating group) is 2. The van der Waals surface area contributed by atoms with Crippen LogP contribution in [-0.2, 0) is 0 Å². The van der Waals surface area contributed by atoms with Crippen molar-refractivity contribution in [3.63, 3.8) is 0 Å². The lowest BCUT2D eigenvalue weighted by atomic mass is 10.2. The molecule has 0 saturated carbocycles. The first-order valence-corrected chi connectivity index (χ1v) is 6.53. The van der Waals surface area contributed by atoms with E-state index in [0.717, 1.165) is 19.5 Å². The van der Waals surface area contributed by atoms with E-state index in [2.05, 4.69) is 16.9 Å². The molecule has 0 radical (unpaired) electrons. The summed E-state index contributed by atoms with van der Waals surface area (Å²) in [7, 11) is 3.95. The van der Waals surface area contributed by atoms with Gasteiger partial charge >= 0.3 is 0 Å². The van der Waals surface area contributed by atoms with Crippen LogP contribution in [0.2, 0.25) is 5.15 Å². The Balaban J connectivity index is 2.00. The highest BCUT2D eigenvalue weighted by Gasteiger charge is 2.24. The summed E-state index contributed by atoms with van der Waals surface area (Å²) in [6.45, 7) is 1.88. The fourth-order valence-electron chi connectivity index (χ4n) is 2.36. The summed E-state index contributed by atoms with van der Waals surface area (Å²) in [6, 6.07) is 3.78. The molecule has 1 aliphatic heterocycles. The van der Waals surface area contributed by atoms with Crippen molar-refractivity contribution in [2.45, 2.75) is 18.9 Å². The van der Waals surface area contributed by atoms with Crippen molar-refractivity contribution in [3.05, 3.63) is 29.0 Å². The Bertz CT molecular complexity index is 438. The van der Waals surface area contributed by atoms with Crippen molar-refractivity contribution in [3.8, 4) is 0 Å². The molecule has 0 aromatic carbocycles. The lowest BCUT2D eigenvalue weighted by molar-refractivity contribution is 0.0761. The molecule has 1 aliphatic rings. The topological polar surface area (TPSA) is 36.4 Å². The summed E-state index contributed by atoms with van der Waals surface area (Å²) in [6.07, 6.45) is 3.93. The number of likely N-dealkylation sites (tertiary alicyclic amines) is 1. The van der Waals surface area contributed by atoms with Gasteiger partial charge in [0, 0.05) is 31.4 Å². The molecule has 0 spiro atoms. The van der Waals surface area contributed by atoms with Crippen LogP contribution in [0.15, 0.2) is 18.3 Å². The lowest BCUT2D eigenvalue weighted by Crippen LogP contribution is -2.39. The second kappa shape index (κ2) is 5.67. The van der Waals surface area contributed by atoms with Crippen LogP contribution < -0.4 is 0 Å². The van der Waals surface area contributed by atoms with E-state index in [0.29, 0.717) is 16.8 Å². The number of amides is 1. The summed E-state index contributed by atoms with van der Waals surface area (Å²) in [5, 5.41) is 0.354. The van der Waals surface area contributed by atoms with Gasteiger partial charge in [-0.3, -0.25) is 4.79 Å². The number of pyridine rings is 1. The lowest BCUT2D eigenvalue weighted by Gasteiger charge is -2.25. The maximum Gasteiger partial charge on any atom is 0.253 e. The van der Waals surface area contributed by atoms with E-state index in [1.54, 1.807) is 23.2 Å². The molecule has 1 fully saturated rings. The number of hydrogen-bond donors (Lipinski definition) is 0. The number of aromatic nitrogens is 1. The van der Waals surface area contributed by atoms with Crippen LogP contribution in [0.25, 0.3) is 0 Å². The Morgan fingerprint density at radius 2 is 2.44 bits per heavy atom. The van der Waals surface area contributed by atoms with Gasteiger partial charge in [-0.05, 0) is 38.6 Å². The smallest absolute Gasteiger partial charge is 0.253 e. The SMILES string of the molecule is CN(CC1CCCN1C)C(=O)c1ccnc(Cl)c1. The first-order valence-electron chi connectivity index (χ1n) is 6.15. The molecule has 0 bridgehead atoms. The molecule has 98 valence electrons. The van der Waals surface area contributed by atoms with Gasteiger partial charge in [0.1, 0.15) is 5.15 Å². The van der Waals surface area contributed by atoms with Crippen LogP contribution >= 0.6 is 11.6 Å². The van der Waals surface area contributed by atoms with Gasteiger partial charge in [-0.25, -0.2) is 4.98 Å². The van der Waals surface area contributed by atoms with Crippen LogP contribution in [0.5, 0.6) is 0 Å². The zero-order valence-electron chi connectivity index (χ0n) is 10.8. The van der Waals surface area contributed by atoms with Crippen molar-refractivity contribution >= 4 is 17.5 Å². The molecule has 1 unspecified atom stereocenters. The third kappa shape index (κ3) is 3.00. The third-order valence-electron chi connectivity index (χ3n) is 3.48. The molecule has 1 aromatic heterocycles. The Morgan fingerprint density at radius 3 is 3.06 bits per heavy atom. The zero-order chi connectivity index (χ0) is 13.1. The quantitative estimate of drug-likeness (QED) is 0.785. The number of rotatable bonds is 3. The number of halogens is 1. The molecular weight excluding hydrogens is 250 g/mol. The number of nitrogens with zero attached hydrogens (tertiary/aromatic N) is 3. The standard InChI is InChI=1S/C13H18ClN3O/c1-16-7-3-4-11(16)9-17(2)13(18)10-5-6-15-12(14)8-10/h5-6,8,11H,3-4,7,9H2,1-2H3. The monoisotopic (exact) mass is 267 g/mol. The molecule has 1 aromatic rings.